The first-order valence-electron chi connectivity index (χ1n) is 6.24. The quantitative estimate of drug-likeness (QED) is 0.706. The van der Waals surface area contributed by atoms with Crippen LogP contribution in [0.3, 0.4) is 0 Å². The van der Waals surface area contributed by atoms with Crippen LogP contribution >= 0.6 is 0 Å². The SMILES string of the molecule is CC1(NC(=O)O)CCC1.CC1(OC(N)=O)CCC1. The lowest BCUT2D eigenvalue weighted by molar-refractivity contribution is -0.0279. The average Bonchev–Trinajstić information content (AvgIpc) is 2.12. The second-order valence-corrected chi connectivity index (χ2v) is 5.57. The average molecular weight is 258 g/mol. The summed E-state index contributed by atoms with van der Waals surface area (Å²) in [4.78, 5) is 20.3. The molecular weight excluding hydrogens is 236 g/mol. The molecule has 6 nitrogen and oxygen atoms in total. The molecule has 0 unspecified atom stereocenters. The molecule has 0 aliphatic heterocycles. The van der Waals surface area contributed by atoms with E-state index >= 15 is 0 Å². The van der Waals surface area contributed by atoms with Gasteiger partial charge in [-0.1, -0.05) is 0 Å². The first kappa shape index (κ1) is 14.6. The molecule has 0 heterocycles. The Hall–Kier alpha value is -1.46. The molecule has 2 amide bonds. The maximum Gasteiger partial charge on any atom is 0.405 e. The van der Waals surface area contributed by atoms with Crippen LogP contribution in [-0.2, 0) is 4.74 Å². The summed E-state index contributed by atoms with van der Waals surface area (Å²) < 4.78 is 4.81. The predicted molar refractivity (Wildman–Crippen MR) is 66.3 cm³/mol. The molecule has 0 atom stereocenters. The van der Waals surface area contributed by atoms with Gasteiger partial charge in [0.15, 0.2) is 0 Å². The second-order valence-electron chi connectivity index (χ2n) is 5.57. The molecule has 18 heavy (non-hydrogen) atoms. The monoisotopic (exact) mass is 258 g/mol. The van der Waals surface area contributed by atoms with Crippen LogP contribution in [-0.4, -0.2) is 28.4 Å². The number of hydrogen-bond donors (Lipinski definition) is 3. The van der Waals surface area contributed by atoms with Crippen molar-refractivity contribution in [3.05, 3.63) is 0 Å². The summed E-state index contributed by atoms with van der Waals surface area (Å²) in [5.74, 6) is 0. The highest BCUT2D eigenvalue weighted by Gasteiger charge is 2.35. The zero-order valence-electron chi connectivity index (χ0n) is 11.0. The second kappa shape index (κ2) is 5.46. The summed E-state index contributed by atoms with van der Waals surface area (Å²) in [5.41, 5.74) is 4.49. The minimum absolute atomic E-state index is 0.105. The molecule has 6 heteroatoms. The first-order chi connectivity index (χ1) is 8.25. The van der Waals surface area contributed by atoms with E-state index in [1.807, 2.05) is 13.8 Å². The van der Waals surface area contributed by atoms with Crippen molar-refractivity contribution in [2.45, 2.75) is 63.5 Å². The number of primary amides is 1. The minimum Gasteiger partial charge on any atom is -0.465 e. The fraction of sp³-hybridized carbons (Fsp3) is 0.833. The molecule has 104 valence electrons. The van der Waals surface area contributed by atoms with Gasteiger partial charge in [0.1, 0.15) is 5.60 Å². The molecule has 2 rings (SSSR count). The Kier molecular flexibility index (Phi) is 4.43. The van der Waals surface area contributed by atoms with Crippen LogP contribution in [0.5, 0.6) is 0 Å². The third-order valence-electron chi connectivity index (χ3n) is 3.62. The number of ether oxygens (including phenoxy) is 1. The summed E-state index contributed by atoms with van der Waals surface area (Å²) in [7, 11) is 0. The lowest BCUT2D eigenvalue weighted by Gasteiger charge is -2.37. The Morgan fingerprint density at radius 3 is 1.78 bits per heavy atom. The van der Waals surface area contributed by atoms with Gasteiger partial charge >= 0.3 is 12.2 Å². The van der Waals surface area contributed by atoms with E-state index in [2.05, 4.69) is 5.32 Å². The molecule has 2 saturated carbocycles. The third-order valence-corrected chi connectivity index (χ3v) is 3.62. The number of hydrogen-bond acceptors (Lipinski definition) is 3. The van der Waals surface area contributed by atoms with Crippen LogP contribution in [0, 0.1) is 0 Å². The summed E-state index contributed by atoms with van der Waals surface area (Å²) in [6.07, 6.45) is 4.61. The lowest BCUT2D eigenvalue weighted by atomic mass is 9.79. The molecular formula is C12H22N2O4. The number of carboxylic acid groups (broad SMARTS) is 1. The highest BCUT2D eigenvalue weighted by Crippen LogP contribution is 2.34. The smallest absolute Gasteiger partial charge is 0.405 e. The van der Waals surface area contributed by atoms with E-state index in [1.165, 1.54) is 0 Å². The number of nitrogens with two attached hydrogens (primary N) is 1. The topological polar surface area (TPSA) is 102 Å². The van der Waals surface area contributed by atoms with Gasteiger partial charge in [-0.25, -0.2) is 9.59 Å². The van der Waals surface area contributed by atoms with E-state index in [9.17, 15) is 9.59 Å². The Morgan fingerprint density at radius 1 is 1.17 bits per heavy atom. The number of nitrogens with one attached hydrogen (secondary N) is 1. The van der Waals surface area contributed by atoms with Crippen molar-refractivity contribution in [1.29, 1.82) is 0 Å². The van der Waals surface area contributed by atoms with Crippen molar-refractivity contribution in [3.63, 3.8) is 0 Å². The molecule has 0 bridgehead atoms. The standard InChI is InChI=1S/2C6H11NO2/c1-6(3-2-4-6)9-5(7)8;1-6(3-2-4-6)7-5(8)9/h2-4H2,1H3,(H2,7,8);7H,2-4H2,1H3,(H,8,9). The predicted octanol–water partition coefficient (Wildman–Crippen LogP) is 2.22. The Bertz CT molecular complexity index is 290. The molecule has 0 spiro atoms. The fourth-order valence-corrected chi connectivity index (χ4v) is 2.11. The van der Waals surface area contributed by atoms with E-state index in [4.69, 9.17) is 15.6 Å². The van der Waals surface area contributed by atoms with Crippen LogP contribution in [0.25, 0.3) is 0 Å². The highest BCUT2D eigenvalue weighted by atomic mass is 16.6. The molecule has 2 aliphatic rings. The molecule has 0 aromatic heterocycles. The van der Waals surface area contributed by atoms with Crippen molar-refractivity contribution < 1.29 is 19.4 Å². The number of carbonyl (C=O) groups excluding carboxylic acids is 1. The number of carbonyl (C=O) groups is 2. The van der Waals surface area contributed by atoms with Gasteiger partial charge < -0.3 is 20.9 Å². The molecule has 0 radical (unpaired) electrons. The van der Waals surface area contributed by atoms with Gasteiger partial charge in [0.25, 0.3) is 0 Å². The van der Waals surface area contributed by atoms with Crippen LogP contribution in [0.15, 0.2) is 0 Å². The third kappa shape index (κ3) is 4.43. The van der Waals surface area contributed by atoms with Crippen molar-refractivity contribution in [2.75, 3.05) is 0 Å². The molecule has 0 saturated heterocycles. The lowest BCUT2D eigenvalue weighted by Crippen LogP contribution is -2.50. The van der Waals surface area contributed by atoms with E-state index < -0.39 is 12.2 Å². The summed E-state index contributed by atoms with van der Waals surface area (Å²) >= 11 is 0. The Balaban J connectivity index is 0.000000180. The molecule has 4 N–H and O–H groups in total. The van der Waals surface area contributed by atoms with Crippen molar-refractivity contribution in [1.82, 2.24) is 5.32 Å². The zero-order valence-corrected chi connectivity index (χ0v) is 11.0. The normalized spacial score (nSPS) is 22.3. The first-order valence-corrected chi connectivity index (χ1v) is 6.24. The van der Waals surface area contributed by atoms with Crippen LogP contribution in [0.4, 0.5) is 9.59 Å². The zero-order chi connectivity index (χ0) is 13.8. The molecule has 0 aromatic carbocycles. The van der Waals surface area contributed by atoms with Crippen LogP contribution in [0.2, 0.25) is 0 Å². The molecule has 0 aromatic rings. The maximum absolute atomic E-state index is 10.2. The van der Waals surface area contributed by atoms with E-state index in [1.54, 1.807) is 0 Å². The minimum atomic E-state index is -0.905. The Morgan fingerprint density at radius 2 is 1.67 bits per heavy atom. The van der Waals surface area contributed by atoms with Gasteiger partial charge in [-0.3, -0.25) is 0 Å². The number of amides is 2. The van der Waals surface area contributed by atoms with Gasteiger partial charge in [0.05, 0.1) is 0 Å². The van der Waals surface area contributed by atoms with Crippen molar-refractivity contribution in [3.8, 4) is 0 Å². The van der Waals surface area contributed by atoms with Gasteiger partial charge in [-0.2, -0.15) is 0 Å². The van der Waals surface area contributed by atoms with Crippen LogP contribution in [0.1, 0.15) is 52.4 Å². The summed E-state index contributed by atoms with van der Waals surface area (Å²) in [6, 6.07) is 0. The Labute approximate surface area is 107 Å². The van der Waals surface area contributed by atoms with Gasteiger partial charge in [0.2, 0.25) is 0 Å². The molecule has 2 aliphatic carbocycles. The van der Waals surface area contributed by atoms with Gasteiger partial charge in [-0.15, -0.1) is 0 Å². The largest absolute Gasteiger partial charge is 0.465 e. The number of rotatable bonds is 2. The van der Waals surface area contributed by atoms with Crippen molar-refractivity contribution in [2.24, 2.45) is 5.73 Å². The fourth-order valence-electron chi connectivity index (χ4n) is 2.11. The highest BCUT2D eigenvalue weighted by molar-refractivity contribution is 5.65. The van der Waals surface area contributed by atoms with E-state index in [0.717, 1.165) is 38.5 Å². The van der Waals surface area contributed by atoms with Crippen molar-refractivity contribution >= 4 is 12.2 Å². The van der Waals surface area contributed by atoms with E-state index in [0.29, 0.717) is 0 Å². The van der Waals surface area contributed by atoms with Crippen LogP contribution < -0.4 is 11.1 Å². The summed E-state index contributed by atoms with van der Waals surface area (Å²) in [6.45, 7) is 3.84. The van der Waals surface area contributed by atoms with Gasteiger partial charge in [-0.05, 0) is 52.4 Å². The summed E-state index contributed by atoms with van der Waals surface area (Å²) in [5, 5.41) is 10.8. The maximum atomic E-state index is 10.2. The molecule has 2 fully saturated rings. The van der Waals surface area contributed by atoms with Gasteiger partial charge in [0, 0.05) is 5.54 Å². The van der Waals surface area contributed by atoms with E-state index in [-0.39, 0.29) is 11.1 Å².